The molecule has 1 saturated heterocycles. The lowest BCUT2D eigenvalue weighted by atomic mass is 9.66. The highest BCUT2D eigenvalue weighted by Crippen LogP contribution is 2.52. The number of aliphatic hydroxyl groups excluding tert-OH is 2. The Morgan fingerprint density at radius 2 is 1.86 bits per heavy atom. The predicted molar refractivity (Wildman–Crippen MR) is 144 cm³/mol. The lowest BCUT2D eigenvalue weighted by Crippen LogP contribution is -2.58. The molecule has 2 aromatic rings. The van der Waals surface area contributed by atoms with Crippen LogP contribution in [0.3, 0.4) is 0 Å². The Labute approximate surface area is 219 Å². The summed E-state index contributed by atoms with van der Waals surface area (Å²) in [7, 11) is 0. The zero-order valence-corrected chi connectivity index (χ0v) is 22.2. The van der Waals surface area contributed by atoms with Crippen molar-refractivity contribution in [1.82, 2.24) is 4.90 Å². The lowest BCUT2D eigenvalue weighted by molar-refractivity contribution is -0.158. The molecule has 190 valence electrons. The highest BCUT2D eigenvalue weighted by Gasteiger charge is 2.51. The van der Waals surface area contributed by atoms with Gasteiger partial charge in [0.15, 0.2) is 0 Å². The summed E-state index contributed by atoms with van der Waals surface area (Å²) < 4.78 is 0. The minimum absolute atomic E-state index is 0.0312. The molecule has 0 radical (unpaired) electrons. The Morgan fingerprint density at radius 1 is 1.14 bits per heavy atom. The molecule has 4 nitrogen and oxygen atoms in total. The number of carbonyl (C=O) groups excluding carboxylic acids is 1. The number of amides is 1. The van der Waals surface area contributed by atoms with Gasteiger partial charge in [0.25, 0.3) is 0 Å². The van der Waals surface area contributed by atoms with E-state index in [-0.39, 0.29) is 30.5 Å². The fraction of sp³-hybridized carbons (Fsp3) is 0.483. The lowest BCUT2D eigenvalue weighted by Gasteiger charge is -2.53. The van der Waals surface area contributed by atoms with Gasteiger partial charge in [0.2, 0.25) is 5.91 Å². The van der Waals surface area contributed by atoms with E-state index in [9.17, 15) is 15.0 Å². The molecule has 1 aliphatic rings. The maximum absolute atomic E-state index is 14.2. The third kappa shape index (κ3) is 6.29. The number of piperidine rings is 1. The molecular formula is C29H37Cl2NO3. The van der Waals surface area contributed by atoms with Gasteiger partial charge >= 0.3 is 0 Å². The fourth-order valence-corrected chi connectivity index (χ4v) is 5.89. The molecule has 2 aromatic carbocycles. The number of rotatable bonds is 11. The van der Waals surface area contributed by atoms with Crippen LogP contribution in [0, 0.1) is 5.41 Å². The van der Waals surface area contributed by atoms with Crippen LogP contribution in [-0.2, 0) is 4.79 Å². The molecule has 1 heterocycles. The van der Waals surface area contributed by atoms with Crippen molar-refractivity contribution in [3.8, 4) is 0 Å². The molecule has 2 unspecified atom stereocenters. The van der Waals surface area contributed by atoms with Crippen molar-refractivity contribution in [3.63, 3.8) is 0 Å². The van der Waals surface area contributed by atoms with Gasteiger partial charge in [0, 0.05) is 22.6 Å². The number of nitrogens with zero attached hydrogens (tertiary/aromatic N) is 1. The van der Waals surface area contributed by atoms with Gasteiger partial charge < -0.3 is 15.1 Å². The van der Waals surface area contributed by atoms with E-state index in [2.05, 4.69) is 12.6 Å². The Morgan fingerprint density at radius 3 is 2.46 bits per heavy atom. The van der Waals surface area contributed by atoms with Crippen LogP contribution in [0.1, 0.15) is 75.5 Å². The molecule has 1 aliphatic heterocycles. The first-order chi connectivity index (χ1) is 16.8. The summed E-state index contributed by atoms with van der Waals surface area (Å²) >= 11 is 12.6. The predicted octanol–water partition coefficient (Wildman–Crippen LogP) is 6.94. The van der Waals surface area contributed by atoms with E-state index in [4.69, 9.17) is 23.2 Å². The van der Waals surface area contributed by atoms with Crippen LogP contribution in [0.4, 0.5) is 0 Å². The van der Waals surface area contributed by atoms with Gasteiger partial charge in [-0.3, -0.25) is 4.79 Å². The van der Waals surface area contributed by atoms with Crippen molar-refractivity contribution >= 4 is 29.1 Å². The number of allylic oxidation sites excluding steroid dienone is 1. The molecule has 0 bridgehead atoms. The van der Waals surface area contributed by atoms with Crippen LogP contribution in [0.2, 0.25) is 10.0 Å². The first kappa shape index (κ1) is 27.7. The van der Waals surface area contributed by atoms with Crippen LogP contribution < -0.4 is 0 Å². The highest BCUT2D eigenvalue weighted by molar-refractivity contribution is 6.30. The average molecular weight is 519 g/mol. The normalized spacial score (nSPS) is 24.3. The second-order valence-electron chi connectivity index (χ2n) is 9.89. The van der Waals surface area contributed by atoms with E-state index in [1.165, 1.54) is 0 Å². The SMILES string of the molecule is C=CC[C@@]1(C)C[C@H](c2cccc(Cl)c2)[C@@H](c2ccc(Cl)cc2)N(C(CC)C(O)CCCCO)C1=O. The van der Waals surface area contributed by atoms with Crippen LogP contribution in [0.5, 0.6) is 0 Å². The van der Waals surface area contributed by atoms with E-state index >= 15 is 0 Å². The second kappa shape index (κ2) is 12.4. The molecule has 0 spiro atoms. The quantitative estimate of drug-likeness (QED) is 0.250. The molecule has 35 heavy (non-hydrogen) atoms. The van der Waals surface area contributed by atoms with Crippen molar-refractivity contribution in [1.29, 1.82) is 0 Å². The van der Waals surface area contributed by atoms with E-state index in [1.807, 2.05) is 67.3 Å². The maximum Gasteiger partial charge on any atom is 0.229 e. The number of hydrogen-bond donors (Lipinski definition) is 2. The standard InChI is InChI=1S/C29H37Cl2NO3/c1-4-16-29(3)19-24(21-9-8-10-23(31)18-21)27(20-12-14-22(30)15-13-20)32(28(29)35)25(5-2)26(34)11-6-7-17-33/h4,8-10,12-15,18,24-27,33-34H,1,5-7,11,16-17,19H2,2-3H3/t24-,25?,26?,27-,29+/m1/s1. The van der Waals surface area contributed by atoms with Gasteiger partial charge in [-0.05, 0) is 73.9 Å². The van der Waals surface area contributed by atoms with Gasteiger partial charge in [0.1, 0.15) is 0 Å². The van der Waals surface area contributed by atoms with Gasteiger partial charge in [-0.25, -0.2) is 0 Å². The minimum atomic E-state index is -0.698. The molecule has 6 heteroatoms. The first-order valence-corrected chi connectivity index (χ1v) is 13.2. The van der Waals surface area contributed by atoms with Gasteiger partial charge in [0.05, 0.1) is 23.6 Å². The first-order valence-electron chi connectivity index (χ1n) is 12.5. The number of carbonyl (C=O) groups is 1. The zero-order chi connectivity index (χ0) is 25.6. The Kier molecular flexibility index (Phi) is 9.83. The summed E-state index contributed by atoms with van der Waals surface area (Å²) in [6.45, 7) is 8.04. The summed E-state index contributed by atoms with van der Waals surface area (Å²) in [5, 5.41) is 21.8. The largest absolute Gasteiger partial charge is 0.396 e. The number of hydrogen-bond acceptors (Lipinski definition) is 3. The summed E-state index contributed by atoms with van der Waals surface area (Å²) in [5.74, 6) is -0.0000893. The number of halogens is 2. The molecule has 0 aliphatic carbocycles. The zero-order valence-electron chi connectivity index (χ0n) is 20.7. The van der Waals surface area contributed by atoms with Crippen LogP contribution >= 0.6 is 23.2 Å². The second-order valence-corrected chi connectivity index (χ2v) is 10.8. The number of benzene rings is 2. The monoisotopic (exact) mass is 517 g/mol. The molecule has 1 amide bonds. The van der Waals surface area contributed by atoms with E-state index < -0.39 is 11.5 Å². The molecule has 1 fully saturated rings. The molecule has 0 saturated carbocycles. The minimum Gasteiger partial charge on any atom is -0.396 e. The summed E-state index contributed by atoms with van der Waals surface area (Å²) in [6.07, 6.45) is 4.76. The topological polar surface area (TPSA) is 60.8 Å². The van der Waals surface area contributed by atoms with E-state index in [1.54, 1.807) is 0 Å². The van der Waals surface area contributed by atoms with Crippen molar-refractivity contribution in [2.75, 3.05) is 6.61 Å². The molecule has 3 rings (SSSR count). The van der Waals surface area contributed by atoms with Gasteiger partial charge in [-0.2, -0.15) is 0 Å². The number of aliphatic hydroxyl groups is 2. The maximum atomic E-state index is 14.2. The summed E-state index contributed by atoms with van der Waals surface area (Å²) in [4.78, 5) is 16.2. The van der Waals surface area contributed by atoms with Crippen LogP contribution in [0.15, 0.2) is 61.2 Å². The smallest absolute Gasteiger partial charge is 0.229 e. The van der Waals surface area contributed by atoms with Crippen molar-refractivity contribution < 1.29 is 15.0 Å². The van der Waals surface area contributed by atoms with Crippen LogP contribution in [-0.4, -0.2) is 39.8 Å². The molecule has 2 N–H and O–H groups in total. The van der Waals surface area contributed by atoms with E-state index in [0.717, 1.165) is 11.1 Å². The Balaban J connectivity index is 2.17. The summed E-state index contributed by atoms with van der Waals surface area (Å²) in [6, 6.07) is 14.9. The van der Waals surface area contributed by atoms with E-state index in [0.29, 0.717) is 48.6 Å². The van der Waals surface area contributed by atoms with Crippen molar-refractivity contribution in [3.05, 3.63) is 82.4 Å². The Hall–Kier alpha value is -1.85. The van der Waals surface area contributed by atoms with Gasteiger partial charge in [-0.15, -0.1) is 6.58 Å². The Bertz CT molecular complexity index is 996. The third-order valence-electron chi connectivity index (χ3n) is 7.31. The van der Waals surface area contributed by atoms with Gasteiger partial charge in [-0.1, -0.05) is 67.4 Å². The summed E-state index contributed by atoms with van der Waals surface area (Å²) in [5.41, 5.74) is 1.39. The fourth-order valence-electron chi connectivity index (χ4n) is 5.56. The number of unbranched alkanes of at least 4 members (excludes halogenated alkanes) is 1. The van der Waals surface area contributed by atoms with Crippen LogP contribution in [0.25, 0.3) is 0 Å². The third-order valence-corrected chi connectivity index (χ3v) is 7.80. The number of likely N-dealkylation sites (tertiary alicyclic amines) is 1. The van der Waals surface area contributed by atoms with Crippen molar-refractivity contribution in [2.45, 2.75) is 76.5 Å². The molecule has 5 atom stereocenters. The van der Waals surface area contributed by atoms with Crippen molar-refractivity contribution in [2.24, 2.45) is 5.41 Å². The molecule has 0 aromatic heterocycles. The average Bonchev–Trinajstić information content (AvgIpc) is 2.83. The molecular weight excluding hydrogens is 481 g/mol. The highest BCUT2D eigenvalue weighted by atomic mass is 35.5.